The van der Waals surface area contributed by atoms with Gasteiger partial charge in [-0.05, 0) is 20.8 Å². The average molecular weight is 230 g/mol. The van der Waals surface area contributed by atoms with Gasteiger partial charge in [0.15, 0.2) is 0 Å². The molecule has 1 atom stereocenters. The van der Waals surface area contributed by atoms with E-state index in [-0.39, 0.29) is 24.2 Å². The van der Waals surface area contributed by atoms with Gasteiger partial charge in [0.2, 0.25) is 5.91 Å². The molecule has 0 aliphatic carbocycles. The maximum absolute atomic E-state index is 11.8. The summed E-state index contributed by atoms with van der Waals surface area (Å²) < 4.78 is 10.9. The lowest BCUT2D eigenvalue weighted by Gasteiger charge is -2.42. The number of rotatable bonds is 4. The first-order chi connectivity index (χ1) is 7.48. The van der Waals surface area contributed by atoms with Crippen LogP contribution in [0.1, 0.15) is 20.8 Å². The maximum Gasteiger partial charge on any atom is 0.248 e. The minimum Gasteiger partial charge on any atom is -0.372 e. The zero-order valence-corrected chi connectivity index (χ0v) is 10.4. The van der Waals surface area contributed by atoms with E-state index in [1.807, 2.05) is 20.8 Å². The van der Waals surface area contributed by atoms with Crippen molar-refractivity contribution in [1.82, 2.24) is 4.90 Å². The fourth-order valence-corrected chi connectivity index (χ4v) is 1.89. The van der Waals surface area contributed by atoms with Crippen molar-refractivity contribution in [3.8, 4) is 0 Å². The van der Waals surface area contributed by atoms with E-state index in [0.29, 0.717) is 26.2 Å². The van der Waals surface area contributed by atoms with E-state index in [2.05, 4.69) is 0 Å². The van der Waals surface area contributed by atoms with E-state index in [1.165, 1.54) is 0 Å². The third-order valence-corrected chi connectivity index (χ3v) is 2.53. The third kappa shape index (κ3) is 3.73. The molecule has 1 aliphatic heterocycles. The summed E-state index contributed by atoms with van der Waals surface area (Å²) in [5.41, 5.74) is 5.26. The lowest BCUT2D eigenvalue weighted by Crippen LogP contribution is -2.57. The first-order valence-electron chi connectivity index (χ1n) is 5.72. The Bertz CT molecular complexity index is 243. The predicted molar refractivity (Wildman–Crippen MR) is 61.1 cm³/mol. The summed E-state index contributed by atoms with van der Waals surface area (Å²) in [6.45, 7) is 8.09. The number of carbonyl (C=O) groups is 1. The summed E-state index contributed by atoms with van der Waals surface area (Å²) in [6.07, 6.45) is -0.0747. The molecule has 1 aliphatic rings. The number of hydrogen-bond donors (Lipinski definition) is 1. The van der Waals surface area contributed by atoms with Crippen LogP contribution in [-0.2, 0) is 14.3 Å². The number of carbonyl (C=O) groups excluding carboxylic acids is 1. The van der Waals surface area contributed by atoms with Crippen molar-refractivity contribution in [2.45, 2.75) is 32.5 Å². The number of morpholine rings is 1. The average Bonchev–Trinajstić information content (AvgIpc) is 2.23. The molecule has 5 nitrogen and oxygen atoms in total. The first-order valence-corrected chi connectivity index (χ1v) is 5.72. The number of ether oxygens (including phenoxy) is 2. The second-order valence-corrected chi connectivity index (χ2v) is 4.65. The molecule has 0 saturated carbocycles. The molecule has 0 radical (unpaired) electrons. The second kappa shape index (κ2) is 5.61. The molecule has 1 amide bonds. The molecule has 94 valence electrons. The van der Waals surface area contributed by atoms with Crippen molar-refractivity contribution in [2.24, 2.45) is 5.73 Å². The minimum atomic E-state index is -0.329. The quantitative estimate of drug-likeness (QED) is 0.737. The van der Waals surface area contributed by atoms with Gasteiger partial charge in [-0.3, -0.25) is 4.79 Å². The Balaban J connectivity index is 2.55. The van der Waals surface area contributed by atoms with Gasteiger partial charge in [-0.1, -0.05) is 0 Å². The van der Waals surface area contributed by atoms with Crippen LogP contribution in [0.25, 0.3) is 0 Å². The standard InChI is InChI=1S/C11H22N2O3/c1-4-15-7-10(14)13-6-9(5-12)16-11(2,3)8-13/h9H,4-8,12H2,1-3H3. The van der Waals surface area contributed by atoms with E-state index in [4.69, 9.17) is 15.2 Å². The van der Waals surface area contributed by atoms with Crippen molar-refractivity contribution in [3.05, 3.63) is 0 Å². The lowest BCUT2D eigenvalue weighted by atomic mass is 10.1. The Morgan fingerprint density at radius 2 is 2.31 bits per heavy atom. The lowest BCUT2D eigenvalue weighted by molar-refractivity contribution is -0.162. The molecule has 0 aromatic carbocycles. The van der Waals surface area contributed by atoms with Gasteiger partial charge in [-0.2, -0.15) is 0 Å². The highest BCUT2D eigenvalue weighted by Gasteiger charge is 2.34. The van der Waals surface area contributed by atoms with Gasteiger partial charge in [-0.25, -0.2) is 0 Å². The predicted octanol–water partition coefficient (Wildman–Crippen LogP) is -0.0124. The highest BCUT2D eigenvalue weighted by Crippen LogP contribution is 2.20. The molecule has 2 N–H and O–H groups in total. The molecule has 16 heavy (non-hydrogen) atoms. The highest BCUT2D eigenvalue weighted by atomic mass is 16.5. The minimum absolute atomic E-state index is 0.0108. The molecule has 1 unspecified atom stereocenters. The number of hydrogen-bond acceptors (Lipinski definition) is 4. The first kappa shape index (κ1) is 13.4. The Morgan fingerprint density at radius 1 is 1.62 bits per heavy atom. The fourth-order valence-electron chi connectivity index (χ4n) is 1.89. The van der Waals surface area contributed by atoms with Gasteiger partial charge >= 0.3 is 0 Å². The molecule has 1 fully saturated rings. The van der Waals surface area contributed by atoms with Crippen molar-refractivity contribution >= 4 is 5.91 Å². The van der Waals surface area contributed by atoms with Gasteiger partial charge in [-0.15, -0.1) is 0 Å². The molecular formula is C11H22N2O3. The SMILES string of the molecule is CCOCC(=O)N1CC(CN)OC(C)(C)C1. The molecule has 1 saturated heterocycles. The van der Waals surface area contributed by atoms with Crippen molar-refractivity contribution in [1.29, 1.82) is 0 Å². The van der Waals surface area contributed by atoms with E-state index in [1.54, 1.807) is 4.90 Å². The number of nitrogens with two attached hydrogens (primary N) is 1. The molecule has 0 spiro atoms. The Labute approximate surface area is 96.9 Å². The van der Waals surface area contributed by atoms with E-state index in [9.17, 15) is 4.79 Å². The summed E-state index contributed by atoms with van der Waals surface area (Å²) >= 11 is 0. The van der Waals surface area contributed by atoms with Crippen molar-refractivity contribution < 1.29 is 14.3 Å². The normalized spacial score (nSPS) is 24.5. The Hall–Kier alpha value is -0.650. The third-order valence-electron chi connectivity index (χ3n) is 2.53. The highest BCUT2D eigenvalue weighted by molar-refractivity contribution is 5.77. The molecule has 1 heterocycles. The summed E-state index contributed by atoms with van der Waals surface area (Å²) in [4.78, 5) is 13.6. The zero-order valence-electron chi connectivity index (χ0n) is 10.4. The van der Waals surface area contributed by atoms with Crippen LogP contribution in [0.15, 0.2) is 0 Å². The van der Waals surface area contributed by atoms with Crippen LogP contribution < -0.4 is 5.73 Å². The van der Waals surface area contributed by atoms with Gasteiger partial charge in [0.1, 0.15) is 6.61 Å². The van der Waals surface area contributed by atoms with E-state index < -0.39 is 0 Å². The van der Waals surface area contributed by atoms with Gasteiger partial charge in [0, 0.05) is 26.2 Å². The monoisotopic (exact) mass is 230 g/mol. The second-order valence-electron chi connectivity index (χ2n) is 4.65. The summed E-state index contributed by atoms with van der Waals surface area (Å²) in [5, 5.41) is 0. The van der Waals surface area contributed by atoms with Gasteiger partial charge in [0.05, 0.1) is 11.7 Å². The number of amides is 1. The Kier molecular flexibility index (Phi) is 4.70. The van der Waals surface area contributed by atoms with Gasteiger partial charge in [0.25, 0.3) is 0 Å². The van der Waals surface area contributed by atoms with Crippen LogP contribution in [0.4, 0.5) is 0 Å². The number of nitrogens with zero attached hydrogens (tertiary/aromatic N) is 1. The van der Waals surface area contributed by atoms with E-state index >= 15 is 0 Å². The molecular weight excluding hydrogens is 208 g/mol. The molecule has 0 bridgehead atoms. The van der Waals surface area contributed by atoms with Crippen molar-refractivity contribution in [2.75, 3.05) is 32.8 Å². The molecule has 5 heteroatoms. The summed E-state index contributed by atoms with van der Waals surface area (Å²) in [6, 6.07) is 0. The summed E-state index contributed by atoms with van der Waals surface area (Å²) in [5.74, 6) is 0.0108. The van der Waals surface area contributed by atoms with Crippen LogP contribution in [0.5, 0.6) is 0 Å². The molecule has 1 rings (SSSR count). The van der Waals surface area contributed by atoms with Crippen LogP contribution >= 0.6 is 0 Å². The fraction of sp³-hybridized carbons (Fsp3) is 0.909. The topological polar surface area (TPSA) is 64.8 Å². The Morgan fingerprint density at radius 3 is 2.88 bits per heavy atom. The van der Waals surface area contributed by atoms with Crippen LogP contribution in [0.2, 0.25) is 0 Å². The van der Waals surface area contributed by atoms with E-state index in [0.717, 1.165) is 0 Å². The zero-order chi connectivity index (χ0) is 12.2. The smallest absolute Gasteiger partial charge is 0.248 e. The summed E-state index contributed by atoms with van der Waals surface area (Å²) in [7, 11) is 0. The van der Waals surface area contributed by atoms with Gasteiger partial charge < -0.3 is 20.1 Å². The molecule has 0 aromatic rings. The van der Waals surface area contributed by atoms with Crippen LogP contribution in [-0.4, -0.2) is 55.4 Å². The molecule has 0 aromatic heterocycles. The maximum atomic E-state index is 11.8. The van der Waals surface area contributed by atoms with Crippen molar-refractivity contribution in [3.63, 3.8) is 0 Å². The largest absolute Gasteiger partial charge is 0.372 e. The van der Waals surface area contributed by atoms with Crippen LogP contribution in [0, 0.1) is 0 Å². The van der Waals surface area contributed by atoms with Crippen LogP contribution in [0.3, 0.4) is 0 Å².